The molecule has 6 heteroatoms. The Morgan fingerprint density at radius 3 is 2.65 bits per heavy atom. The summed E-state index contributed by atoms with van der Waals surface area (Å²) >= 11 is 1.67. The number of carbonyl (C=O) groups excluding carboxylic acids is 1. The monoisotopic (exact) mass is 376 g/mol. The molecule has 2 rings (SSSR count). The Morgan fingerprint density at radius 2 is 2.00 bits per heavy atom. The number of carbonyl (C=O) groups is 1. The standard InChI is InChI=1S/C20H28N2O3S/c1-6-24-16-11-9-8-10-15(16)18-17(19(23)25-7-2)14(5)21-20(22-18)26-12-13(3)4/h8-11,13,18H,6-7,12H2,1-5H3,(H,21,22)/t18-/m0/s1. The van der Waals surface area contributed by atoms with E-state index in [1.807, 2.05) is 38.1 Å². The number of amidine groups is 1. The third kappa shape index (κ3) is 5.04. The summed E-state index contributed by atoms with van der Waals surface area (Å²) in [4.78, 5) is 17.4. The van der Waals surface area contributed by atoms with Crippen LogP contribution in [0, 0.1) is 5.92 Å². The molecular weight excluding hydrogens is 348 g/mol. The Hall–Kier alpha value is -1.95. The lowest BCUT2D eigenvalue weighted by molar-refractivity contribution is -0.138. The first kappa shape index (κ1) is 20.4. The Balaban J connectivity index is 2.45. The van der Waals surface area contributed by atoms with Crippen molar-refractivity contribution in [1.82, 2.24) is 5.32 Å². The predicted molar refractivity (Wildman–Crippen MR) is 108 cm³/mol. The molecule has 1 aromatic carbocycles. The number of nitrogens with one attached hydrogen (secondary N) is 1. The predicted octanol–water partition coefficient (Wildman–Crippen LogP) is 4.31. The minimum absolute atomic E-state index is 0.327. The van der Waals surface area contributed by atoms with Crippen LogP contribution in [0.2, 0.25) is 0 Å². The summed E-state index contributed by atoms with van der Waals surface area (Å²) < 4.78 is 11.1. The van der Waals surface area contributed by atoms with Gasteiger partial charge in [-0.15, -0.1) is 0 Å². The molecule has 1 aliphatic rings. The molecule has 1 aliphatic heterocycles. The van der Waals surface area contributed by atoms with Gasteiger partial charge in [-0.1, -0.05) is 43.8 Å². The van der Waals surface area contributed by atoms with Gasteiger partial charge in [0.15, 0.2) is 5.17 Å². The van der Waals surface area contributed by atoms with Crippen LogP contribution < -0.4 is 10.1 Å². The van der Waals surface area contributed by atoms with Gasteiger partial charge in [-0.3, -0.25) is 0 Å². The second-order valence-electron chi connectivity index (χ2n) is 6.40. The zero-order valence-corrected chi connectivity index (χ0v) is 17.0. The van der Waals surface area contributed by atoms with Crippen LogP contribution in [0.1, 0.15) is 46.2 Å². The average Bonchev–Trinajstić information content (AvgIpc) is 2.60. The number of hydrogen-bond acceptors (Lipinski definition) is 6. The van der Waals surface area contributed by atoms with Gasteiger partial charge in [-0.25, -0.2) is 9.79 Å². The minimum atomic E-state index is -0.437. The smallest absolute Gasteiger partial charge is 0.338 e. The van der Waals surface area contributed by atoms with Gasteiger partial charge in [0.25, 0.3) is 0 Å². The highest BCUT2D eigenvalue weighted by molar-refractivity contribution is 8.13. The maximum Gasteiger partial charge on any atom is 0.338 e. The van der Waals surface area contributed by atoms with E-state index in [-0.39, 0.29) is 5.97 Å². The fraction of sp³-hybridized carbons (Fsp3) is 0.500. The van der Waals surface area contributed by atoms with Gasteiger partial charge in [0.2, 0.25) is 0 Å². The molecule has 0 saturated carbocycles. The molecule has 5 nitrogen and oxygen atoms in total. The first-order valence-corrected chi connectivity index (χ1v) is 10.0. The molecule has 0 saturated heterocycles. The van der Waals surface area contributed by atoms with E-state index in [0.29, 0.717) is 24.7 Å². The Morgan fingerprint density at radius 1 is 1.27 bits per heavy atom. The molecule has 0 aromatic heterocycles. The Labute approximate surface area is 160 Å². The van der Waals surface area contributed by atoms with Crippen LogP contribution in [-0.2, 0) is 9.53 Å². The number of para-hydroxylation sites is 1. The fourth-order valence-corrected chi connectivity index (χ4v) is 3.55. The van der Waals surface area contributed by atoms with Crippen LogP contribution >= 0.6 is 11.8 Å². The highest BCUT2D eigenvalue weighted by Gasteiger charge is 2.32. The summed E-state index contributed by atoms with van der Waals surface area (Å²) in [6.07, 6.45) is 0. The van der Waals surface area contributed by atoms with E-state index in [4.69, 9.17) is 14.5 Å². The van der Waals surface area contributed by atoms with E-state index in [9.17, 15) is 4.79 Å². The first-order valence-electron chi connectivity index (χ1n) is 9.05. The van der Waals surface area contributed by atoms with Crippen molar-refractivity contribution in [3.05, 3.63) is 41.1 Å². The number of hydrogen-bond donors (Lipinski definition) is 1. The van der Waals surface area contributed by atoms with E-state index < -0.39 is 6.04 Å². The van der Waals surface area contributed by atoms with Crippen LogP contribution in [0.3, 0.4) is 0 Å². The normalized spacial score (nSPS) is 17.0. The van der Waals surface area contributed by atoms with Crippen molar-refractivity contribution < 1.29 is 14.3 Å². The van der Waals surface area contributed by atoms with Crippen LogP contribution in [-0.4, -0.2) is 30.1 Å². The number of aliphatic imine (C=N–C) groups is 1. The topological polar surface area (TPSA) is 59.9 Å². The van der Waals surface area contributed by atoms with Crippen molar-refractivity contribution in [2.45, 2.75) is 40.7 Å². The summed E-state index contributed by atoms with van der Waals surface area (Å²) in [5, 5.41) is 4.08. The van der Waals surface area contributed by atoms with Crippen molar-refractivity contribution in [3.63, 3.8) is 0 Å². The molecule has 1 atom stereocenters. The highest BCUT2D eigenvalue weighted by atomic mass is 32.2. The molecule has 1 N–H and O–H groups in total. The van der Waals surface area contributed by atoms with Crippen molar-refractivity contribution >= 4 is 22.9 Å². The van der Waals surface area contributed by atoms with E-state index in [2.05, 4.69) is 19.2 Å². The SMILES string of the molecule is CCOC(=O)C1=C(C)NC(SCC(C)C)=N[C@H]1c1ccccc1OCC. The molecule has 1 aromatic rings. The van der Waals surface area contributed by atoms with Gasteiger partial charge >= 0.3 is 5.97 Å². The number of thioether (sulfide) groups is 1. The number of ether oxygens (including phenoxy) is 2. The van der Waals surface area contributed by atoms with E-state index in [1.165, 1.54) is 0 Å². The molecule has 1 heterocycles. The molecule has 0 bridgehead atoms. The lowest BCUT2D eigenvalue weighted by atomic mass is 9.96. The molecule has 0 aliphatic carbocycles. The number of benzene rings is 1. The van der Waals surface area contributed by atoms with Crippen LogP contribution in [0.5, 0.6) is 5.75 Å². The molecular formula is C20H28N2O3S. The molecule has 142 valence electrons. The largest absolute Gasteiger partial charge is 0.494 e. The average molecular weight is 377 g/mol. The minimum Gasteiger partial charge on any atom is -0.494 e. The molecule has 0 radical (unpaired) electrons. The zero-order chi connectivity index (χ0) is 19.1. The van der Waals surface area contributed by atoms with Gasteiger partial charge in [-0.2, -0.15) is 0 Å². The molecule has 0 spiro atoms. The molecule has 0 amide bonds. The summed E-state index contributed by atoms with van der Waals surface area (Å²) in [7, 11) is 0. The summed E-state index contributed by atoms with van der Waals surface area (Å²) in [5.41, 5.74) is 2.19. The molecule has 0 unspecified atom stereocenters. The lowest BCUT2D eigenvalue weighted by Gasteiger charge is -2.27. The summed E-state index contributed by atoms with van der Waals surface area (Å²) in [5.74, 6) is 1.90. The van der Waals surface area contributed by atoms with E-state index in [1.54, 1.807) is 18.7 Å². The number of allylic oxidation sites excluding steroid dienone is 1. The van der Waals surface area contributed by atoms with Crippen molar-refractivity contribution in [2.24, 2.45) is 10.9 Å². The number of nitrogens with zero attached hydrogens (tertiary/aromatic N) is 1. The fourth-order valence-electron chi connectivity index (χ4n) is 2.66. The maximum absolute atomic E-state index is 12.6. The van der Waals surface area contributed by atoms with E-state index >= 15 is 0 Å². The second-order valence-corrected chi connectivity index (χ2v) is 7.41. The third-order valence-electron chi connectivity index (χ3n) is 3.78. The number of esters is 1. The highest BCUT2D eigenvalue weighted by Crippen LogP contribution is 2.37. The maximum atomic E-state index is 12.6. The van der Waals surface area contributed by atoms with E-state index in [0.717, 1.165) is 27.9 Å². The van der Waals surface area contributed by atoms with Gasteiger partial charge in [0.1, 0.15) is 11.8 Å². The number of rotatable bonds is 7. The molecule has 26 heavy (non-hydrogen) atoms. The van der Waals surface area contributed by atoms with Crippen LogP contribution in [0.15, 0.2) is 40.5 Å². The Kier molecular flexibility index (Phi) is 7.57. The summed E-state index contributed by atoms with van der Waals surface area (Å²) in [6.45, 7) is 10.9. The quantitative estimate of drug-likeness (QED) is 0.719. The van der Waals surface area contributed by atoms with Crippen molar-refractivity contribution in [3.8, 4) is 5.75 Å². The van der Waals surface area contributed by atoms with Crippen molar-refractivity contribution in [1.29, 1.82) is 0 Å². The van der Waals surface area contributed by atoms with Crippen molar-refractivity contribution in [2.75, 3.05) is 19.0 Å². The Bertz CT molecular complexity index is 698. The summed E-state index contributed by atoms with van der Waals surface area (Å²) in [6, 6.07) is 7.30. The zero-order valence-electron chi connectivity index (χ0n) is 16.2. The molecule has 0 fully saturated rings. The van der Waals surface area contributed by atoms with Crippen LogP contribution in [0.4, 0.5) is 0 Å². The van der Waals surface area contributed by atoms with Gasteiger partial charge in [0, 0.05) is 17.0 Å². The van der Waals surface area contributed by atoms with Gasteiger partial charge in [0.05, 0.1) is 18.8 Å². The third-order valence-corrected chi connectivity index (χ3v) is 5.09. The lowest BCUT2D eigenvalue weighted by Crippen LogP contribution is -2.31. The second kappa shape index (κ2) is 9.67. The van der Waals surface area contributed by atoms with Gasteiger partial charge in [-0.05, 0) is 32.8 Å². The van der Waals surface area contributed by atoms with Crippen LogP contribution in [0.25, 0.3) is 0 Å². The van der Waals surface area contributed by atoms with Gasteiger partial charge < -0.3 is 14.8 Å². The first-order chi connectivity index (χ1) is 12.5.